The molecule has 5 nitrogen and oxygen atoms in total. The first-order valence-corrected chi connectivity index (χ1v) is 7.68. The van der Waals surface area contributed by atoms with Gasteiger partial charge in [0.05, 0.1) is 11.3 Å². The van der Waals surface area contributed by atoms with Crippen molar-refractivity contribution >= 4 is 17.4 Å². The minimum absolute atomic E-state index is 0.0348. The van der Waals surface area contributed by atoms with E-state index in [-0.39, 0.29) is 23.9 Å². The van der Waals surface area contributed by atoms with Crippen LogP contribution in [0.25, 0.3) is 0 Å². The molecule has 3 rings (SSSR count). The van der Waals surface area contributed by atoms with Crippen LogP contribution in [-0.4, -0.2) is 11.7 Å². The van der Waals surface area contributed by atoms with Crippen LogP contribution in [0.4, 0.5) is 5.69 Å². The quantitative estimate of drug-likeness (QED) is 0.811. The van der Waals surface area contributed by atoms with Gasteiger partial charge in [-0.3, -0.25) is 14.4 Å². The normalized spacial score (nSPS) is 12.6. The van der Waals surface area contributed by atoms with E-state index >= 15 is 0 Å². The number of Topliss-reactive ketones (excluding diaryl/α,β-unsaturated/α-hetero) is 1. The molecule has 0 radical (unpaired) electrons. The smallest absolute Gasteiger partial charge is 0.247 e. The molecule has 0 bridgehead atoms. The SMILES string of the molecule is CC(=O)N(OCc1ccccc1)c1cc2c(cc1C#N)C(=O)CC2. The molecule has 24 heavy (non-hydrogen) atoms. The number of anilines is 1. The van der Waals surface area contributed by atoms with Gasteiger partial charge >= 0.3 is 0 Å². The maximum absolute atomic E-state index is 12.0. The molecule has 0 atom stereocenters. The van der Waals surface area contributed by atoms with Crippen LogP contribution in [-0.2, 0) is 22.7 Å². The topological polar surface area (TPSA) is 70.4 Å². The summed E-state index contributed by atoms with van der Waals surface area (Å²) in [4.78, 5) is 29.5. The van der Waals surface area contributed by atoms with E-state index in [0.29, 0.717) is 24.1 Å². The average Bonchev–Trinajstić information content (AvgIpc) is 2.95. The van der Waals surface area contributed by atoms with E-state index in [1.54, 1.807) is 12.1 Å². The van der Waals surface area contributed by atoms with Crippen LogP contribution in [0.5, 0.6) is 0 Å². The van der Waals surface area contributed by atoms with Gasteiger partial charge in [0, 0.05) is 18.9 Å². The summed E-state index contributed by atoms with van der Waals surface area (Å²) >= 11 is 0. The van der Waals surface area contributed by atoms with Gasteiger partial charge in [-0.25, -0.2) is 0 Å². The van der Waals surface area contributed by atoms with Crippen LogP contribution in [0.2, 0.25) is 0 Å². The van der Waals surface area contributed by atoms with Gasteiger partial charge in [-0.15, -0.1) is 0 Å². The molecule has 5 heteroatoms. The van der Waals surface area contributed by atoms with Crippen LogP contribution in [0, 0.1) is 11.3 Å². The number of hydrogen-bond acceptors (Lipinski definition) is 4. The molecule has 0 N–H and O–H groups in total. The maximum Gasteiger partial charge on any atom is 0.247 e. The molecule has 2 aromatic carbocycles. The van der Waals surface area contributed by atoms with Crippen molar-refractivity contribution < 1.29 is 14.4 Å². The first kappa shape index (κ1) is 15.9. The highest BCUT2D eigenvalue weighted by molar-refractivity contribution is 6.02. The molecule has 0 fully saturated rings. The Bertz CT molecular complexity index is 838. The fourth-order valence-corrected chi connectivity index (χ4v) is 2.78. The predicted octanol–water partition coefficient (Wildman–Crippen LogP) is 3.17. The molecule has 1 amide bonds. The van der Waals surface area contributed by atoms with Crippen molar-refractivity contribution in [2.45, 2.75) is 26.4 Å². The Morgan fingerprint density at radius 1 is 1.25 bits per heavy atom. The summed E-state index contributed by atoms with van der Waals surface area (Å²) in [6.45, 7) is 1.59. The lowest BCUT2D eigenvalue weighted by atomic mass is 10.0. The first-order chi connectivity index (χ1) is 11.6. The number of ketones is 1. The summed E-state index contributed by atoms with van der Waals surface area (Å²) in [5.74, 6) is -0.292. The molecule has 120 valence electrons. The molecule has 0 aromatic heterocycles. The van der Waals surface area contributed by atoms with Crippen LogP contribution in [0.3, 0.4) is 0 Å². The van der Waals surface area contributed by atoms with Crippen molar-refractivity contribution in [3.8, 4) is 6.07 Å². The van der Waals surface area contributed by atoms with E-state index < -0.39 is 0 Å². The standard InChI is InChI=1S/C19H16N2O3/c1-13(22)21(24-12-14-5-3-2-4-6-14)18-10-15-7-8-19(23)17(15)9-16(18)11-20/h2-6,9-10H,7-8,12H2,1H3. The lowest BCUT2D eigenvalue weighted by molar-refractivity contribution is -0.124. The van der Waals surface area contributed by atoms with Gasteiger partial charge in [0.2, 0.25) is 5.91 Å². The number of carbonyl (C=O) groups excluding carboxylic acids is 2. The summed E-state index contributed by atoms with van der Waals surface area (Å²) in [7, 11) is 0. The van der Waals surface area contributed by atoms with Crippen LogP contribution in [0.1, 0.15) is 40.4 Å². The van der Waals surface area contributed by atoms with E-state index in [0.717, 1.165) is 16.2 Å². The van der Waals surface area contributed by atoms with Crippen molar-refractivity contribution in [1.82, 2.24) is 0 Å². The number of fused-ring (bicyclic) bond motifs is 1. The number of rotatable bonds is 4. The largest absolute Gasteiger partial charge is 0.294 e. The summed E-state index contributed by atoms with van der Waals surface area (Å²) in [6.07, 6.45) is 1.06. The summed E-state index contributed by atoms with van der Waals surface area (Å²) < 4.78 is 0. The van der Waals surface area contributed by atoms with Crippen LogP contribution >= 0.6 is 0 Å². The number of benzene rings is 2. The minimum atomic E-state index is -0.327. The van der Waals surface area contributed by atoms with E-state index in [1.807, 2.05) is 30.3 Å². The van der Waals surface area contributed by atoms with Gasteiger partial charge in [0.15, 0.2) is 5.78 Å². The van der Waals surface area contributed by atoms with Gasteiger partial charge in [0.25, 0.3) is 0 Å². The molecular formula is C19H16N2O3. The third-order valence-electron chi connectivity index (χ3n) is 3.97. The van der Waals surface area contributed by atoms with E-state index in [4.69, 9.17) is 4.84 Å². The van der Waals surface area contributed by atoms with Gasteiger partial charge in [-0.2, -0.15) is 10.3 Å². The Morgan fingerprint density at radius 3 is 2.67 bits per heavy atom. The Hall–Kier alpha value is -2.97. The summed E-state index contributed by atoms with van der Waals surface area (Å²) in [5, 5.41) is 10.5. The molecule has 0 unspecified atom stereocenters. The number of amides is 1. The highest BCUT2D eigenvalue weighted by Crippen LogP contribution is 2.31. The molecule has 1 aliphatic carbocycles. The van der Waals surface area contributed by atoms with E-state index in [9.17, 15) is 14.9 Å². The molecule has 0 saturated heterocycles. The van der Waals surface area contributed by atoms with Crippen molar-refractivity contribution in [3.05, 3.63) is 64.7 Å². The molecule has 0 heterocycles. The van der Waals surface area contributed by atoms with E-state index in [2.05, 4.69) is 6.07 Å². The van der Waals surface area contributed by atoms with Crippen molar-refractivity contribution in [3.63, 3.8) is 0 Å². The third-order valence-corrected chi connectivity index (χ3v) is 3.97. The zero-order valence-electron chi connectivity index (χ0n) is 13.3. The predicted molar refractivity (Wildman–Crippen MR) is 88.2 cm³/mol. The Balaban J connectivity index is 1.93. The Kier molecular flexibility index (Phi) is 4.41. The molecule has 0 spiro atoms. The number of nitrogens with zero attached hydrogens (tertiary/aromatic N) is 2. The fourth-order valence-electron chi connectivity index (χ4n) is 2.78. The van der Waals surface area contributed by atoms with Gasteiger partial charge in [-0.05, 0) is 29.7 Å². The zero-order chi connectivity index (χ0) is 17.1. The molecule has 1 aliphatic rings. The van der Waals surface area contributed by atoms with Gasteiger partial charge in [0.1, 0.15) is 12.7 Å². The second-order valence-corrected chi connectivity index (χ2v) is 5.63. The van der Waals surface area contributed by atoms with Crippen molar-refractivity contribution in [2.24, 2.45) is 0 Å². The molecule has 2 aromatic rings. The lowest BCUT2D eigenvalue weighted by Gasteiger charge is -2.22. The second kappa shape index (κ2) is 6.65. The minimum Gasteiger partial charge on any atom is -0.294 e. The first-order valence-electron chi connectivity index (χ1n) is 7.68. The zero-order valence-corrected chi connectivity index (χ0v) is 13.3. The summed E-state index contributed by atoms with van der Waals surface area (Å²) in [6, 6.07) is 14.8. The molecule has 0 saturated carbocycles. The third kappa shape index (κ3) is 3.05. The number of hydroxylamine groups is 1. The van der Waals surface area contributed by atoms with Gasteiger partial charge < -0.3 is 0 Å². The number of carbonyl (C=O) groups is 2. The highest BCUT2D eigenvalue weighted by atomic mass is 16.7. The number of nitriles is 1. The molecular weight excluding hydrogens is 304 g/mol. The second-order valence-electron chi connectivity index (χ2n) is 5.63. The highest BCUT2D eigenvalue weighted by Gasteiger charge is 2.25. The van der Waals surface area contributed by atoms with Crippen molar-refractivity contribution in [2.75, 3.05) is 5.06 Å². The molecule has 0 aliphatic heterocycles. The maximum atomic E-state index is 12.0. The Morgan fingerprint density at radius 2 is 2.00 bits per heavy atom. The van der Waals surface area contributed by atoms with Crippen LogP contribution in [0.15, 0.2) is 42.5 Å². The monoisotopic (exact) mass is 320 g/mol. The van der Waals surface area contributed by atoms with E-state index in [1.165, 1.54) is 6.92 Å². The van der Waals surface area contributed by atoms with Gasteiger partial charge in [-0.1, -0.05) is 30.3 Å². The number of aryl methyl sites for hydroxylation is 1. The Labute approximate surface area is 140 Å². The van der Waals surface area contributed by atoms with Crippen molar-refractivity contribution in [1.29, 1.82) is 5.26 Å². The average molecular weight is 320 g/mol. The fraction of sp³-hybridized carbons (Fsp3) is 0.211. The number of hydrogen-bond donors (Lipinski definition) is 0. The van der Waals surface area contributed by atoms with Crippen LogP contribution < -0.4 is 5.06 Å². The lowest BCUT2D eigenvalue weighted by Crippen LogP contribution is -2.29. The summed E-state index contributed by atoms with van der Waals surface area (Å²) in [5.41, 5.74) is 2.98.